The molecule has 0 aliphatic heterocycles. The molecule has 0 aliphatic rings. The van der Waals surface area contributed by atoms with Gasteiger partial charge in [0.2, 0.25) is 0 Å². The van der Waals surface area contributed by atoms with E-state index in [0.717, 1.165) is 12.1 Å². The molecule has 0 radical (unpaired) electrons. The van der Waals surface area contributed by atoms with Gasteiger partial charge in [-0.3, -0.25) is 0 Å². The van der Waals surface area contributed by atoms with Gasteiger partial charge in [-0.2, -0.15) is 0 Å². The van der Waals surface area contributed by atoms with Crippen molar-refractivity contribution in [3.8, 4) is 0 Å². The van der Waals surface area contributed by atoms with E-state index in [4.69, 9.17) is 9.84 Å². The SMILES string of the molecule is COCCNCc1cccc(F)c1N(C)CCO. The number of anilines is 1. The number of methoxy groups -OCH3 is 1. The third kappa shape index (κ3) is 4.25. The van der Waals surface area contributed by atoms with E-state index in [1.165, 1.54) is 6.07 Å². The molecule has 2 N–H and O–H groups in total. The lowest BCUT2D eigenvalue weighted by atomic mass is 10.1. The fourth-order valence-electron chi connectivity index (χ4n) is 1.79. The average Bonchev–Trinajstić information content (AvgIpc) is 2.35. The van der Waals surface area contributed by atoms with Gasteiger partial charge in [-0.05, 0) is 11.6 Å². The Morgan fingerprint density at radius 3 is 2.89 bits per heavy atom. The Morgan fingerprint density at radius 2 is 2.22 bits per heavy atom. The first-order valence-electron chi connectivity index (χ1n) is 5.99. The molecule has 102 valence electrons. The van der Waals surface area contributed by atoms with E-state index in [0.29, 0.717) is 25.4 Å². The van der Waals surface area contributed by atoms with Crippen LogP contribution in [0.2, 0.25) is 0 Å². The third-order valence-corrected chi connectivity index (χ3v) is 2.69. The van der Waals surface area contributed by atoms with Crippen molar-refractivity contribution in [1.82, 2.24) is 5.32 Å². The zero-order chi connectivity index (χ0) is 13.4. The molecule has 1 aromatic carbocycles. The second-order valence-electron chi connectivity index (χ2n) is 4.06. The first kappa shape index (κ1) is 14.9. The summed E-state index contributed by atoms with van der Waals surface area (Å²) in [7, 11) is 3.41. The second kappa shape index (κ2) is 8.02. The lowest BCUT2D eigenvalue weighted by Gasteiger charge is -2.22. The molecule has 0 saturated carbocycles. The number of aliphatic hydroxyl groups is 1. The second-order valence-corrected chi connectivity index (χ2v) is 4.06. The summed E-state index contributed by atoms with van der Waals surface area (Å²) in [6.07, 6.45) is 0. The summed E-state index contributed by atoms with van der Waals surface area (Å²) in [5.41, 5.74) is 1.42. The fraction of sp³-hybridized carbons (Fsp3) is 0.538. The van der Waals surface area contributed by atoms with Gasteiger partial charge in [0.25, 0.3) is 0 Å². The minimum absolute atomic E-state index is 0.00137. The maximum absolute atomic E-state index is 13.8. The number of benzene rings is 1. The molecule has 0 unspecified atom stereocenters. The van der Waals surface area contributed by atoms with Gasteiger partial charge >= 0.3 is 0 Å². The number of hydrogen-bond donors (Lipinski definition) is 2. The average molecular weight is 256 g/mol. The molecule has 0 heterocycles. The van der Waals surface area contributed by atoms with Crippen molar-refractivity contribution in [2.75, 3.05) is 45.4 Å². The Bertz CT molecular complexity index is 361. The largest absolute Gasteiger partial charge is 0.395 e. The van der Waals surface area contributed by atoms with Gasteiger partial charge in [0.05, 0.1) is 18.9 Å². The molecule has 1 rings (SSSR count). The first-order valence-corrected chi connectivity index (χ1v) is 5.99. The smallest absolute Gasteiger partial charge is 0.146 e. The molecule has 4 nitrogen and oxygen atoms in total. The molecule has 18 heavy (non-hydrogen) atoms. The molecular weight excluding hydrogens is 235 g/mol. The van der Waals surface area contributed by atoms with Crippen LogP contribution in [0.25, 0.3) is 0 Å². The highest BCUT2D eigenvalue weighted by Crippen LogP contribution is 2.23. The zero-order valence-corrected chi connectivity index (χ0v) is 10.9. The molecule has 1 aromatic rings. The topological polar surface area (TPSA) is 44.7 Å². The number of likely N-dealkylation sites (N-methyl/N-ethyl adjacent to an activating group) is 1. The van der Waals surface area contributed by atoms with Crippen molar-refractivity contribution in [2.24, 2.45) is 0 Å². The molecule has 5 heteroatoms. The lowest BCUT2D eigenvalue weighted by Crippen LogP contribution is -2.26. The van der Waals surface area contributed by atoms with Crippen molar-refractivity contribution in [3.63, 3.8) is 0 Å². The summed E-state index contributed by atoms with van der Waals surface area (Å²) in [6.45, 7) is 2.33. The number of hydrogen-bond acceptors (Lipinski definition) is 4. The predicted octanol–water partition coefficient (Wildman–Crippen LogP) is 0.990. The number of ether oxygens (including phenoxy) is 1. The first-order chi connectivity index (χ1) is 8.70. The van der Waals surface area contributed by atoms with Gasteiger partial charge in [-0.25, -0.2) is 4.39 Å². The summed E-state index contributed by atoms with van der Waals surface area (Å²) in [6, 6.07) is 5.01. The van der Waals surface area contributed by atoms with Crippen LogP contribution < -0.4 is 10.2 Å². The van der Waals surface area contributed by atoms with E-state index in [2.05, 4.69) is 5.32 Å². The van der Waals surface area contributed by atoms with Crippen LogP contribution in [0, 0.1) is 5.82 Å². The monoisotopic (exact) mass is 256 g/mol. The highest BCUT2D eigenvalue weighted by Gasteiger charge is 2.12. The molecule has 0 fully saturated rings. The Kier molecular flexibility index (Phi) is 6.64. The predicted molar refractivity (Wildman–Crippen MR) is 70.3 cm³/mol. The van der Waals surface area contributed by atoms with Crippen molar-refractivity contribution in [1.29, 1.82) is 0 Å². The normalized spacial score (nSPS) is 10.7. The standard InChI is InChI=1S/C13H21FN2O2/c1-16(7-8-17)13-11(4-3-5-12(13)14)10-15-6-9-18-2/h3-5,15,17H,6-10H2,1-2H3. The number of rotatable bonds is 8. The van der Waals surface area contributed by atoms with Crippen LogP contribution in [0.4, 0.5) is 10.1 Å². The van der Waals surface area contributed by atoms with Crippen LogP contribution in [-0.2, 0) is 11.3 Å². The van der Waals surface area contributed by atoms with Gasteiger partial charge in [0.15, 0.2) is 0 Å². The Hall–Kier alpha value is -1.17. The Balaban J connectivity index is 2.73. The zero-order valence-electron chi connectivity index (χ0n) is 10.9. The Morgan fingerprint density at radius 1 is 1.44 bits per heavy atom. The van der Waals surface area contributed by atoms with Crippen molar-refractivity contribution in [2.45, 2.75) is 6.54 Å². The molecule has 0 amide bonds. The van der Waals surface area contributed by atoms with Gasteiger partial charge < -0.3 is 20.1 Å². The molecule has 0 atom stereocenters. The quantitative estimate of drug-likeness (QED) is 0.681. The van der Waals surface area contributed by atoms with Crippen LogP contribution in [0.15, 0.2) is 18.2 Å². The van der Waals surface area contributed by atoms with Crippen molar-refractivity contribution >= 4 is 5.69 Å². The van der Waals surface area contributed by atoms with Crippen LogP contribution >= 0.6 is 0 Å². The number of aliphatic hydroxyl groups excluding tert-OH is 1. The summed E-state index contributed by atoms with van der Waals surface area (Å²) in [5.74, 6) is -0.267. The van der Waals surface area contributed by atoms with E-state index < -0.39 is 0 Å². The molecular formula is C13H21FN2O2. The van der Waals surface area contributed by atoms with Crippen LogP contribution in [0.3, 0.4) is 0 Å². The Labute approximate surface area is 107 Å². The van der Waals surface area contributed by atoms with E-state index >= 15 is 0 Å². The van der Waals surface area contributed by atoms with Crippen LogP contribution in [0.1, 0.15) is 5.56 Å². The highest BCUT2D eigenvalue weighted by atomic mass is 19.1. The number of nitrogens with zero attached hydrogens (tertiary/aromatic N) is 1. The van der Waals surface area contributed by atoms with Gasteiger partial charge in [0, 0.05) is 33.8 Å². The van der Waals surface area contributed by atoms with E-state index in [-0.39, 0.29) is 12.4 Å². The van der Waals surface area contributed by atoms with Crippen molar-refractivity contribution in [3.05, 3.63) is 29.6 Å². The van der Waals surface area contributed by atoms with Crippen LogP contribution in [-0.4, -0.2) is 45.6 Å². The van der Waals surface area contributed by atoms with E-state index in [9.17, 15) is 4.39 Å². The maximum atomic E-state index is 13.8. The summed E-state index contributed by atoms with van der Waals surface area (Å²) < 4.78 is 18.8. The minimum Gasteiger partial charge on any atom is -0.395 e. The third-order valence-electron chi connectivity index (χ3n) is 2.69. The lowest BCUT2D eigenvalue weighted by molar-refractivity contribution is 0.199. The molecule has 0 bridgehead atoms. The van der Waals surface area contributed by atoms with Gasteiger partial charge in [-0.1, -0.05) is 12.1 Å². The minimum atomic E-state index is -0.267. The maximum Gasteiger partial charge on any atom is 0.146 e. The van der Waals surface area contributed by atoms with E-state index in [1.807, 2.05) is 6.07 Å². The molecule has 0 aliphatic carbocycles. The summed E-state index contributed by atoms with van der Waals surface area (Å²) in [4.78, 5) is 1.72. The molecule has 0 aromatic heterocycles. The number of para-hydroxylation sites is 1. The summed E-state index contributed by atoms with van der Waals surface area (Å²) in [5, 5.41) is 12.1. The molecule has 0 spiro atoms. The van der Waals surface area contributed by atoms with Crippen LogP contribution in [0.5, 0.6) is 0 Å². The van der Waals surface area contributed by atoms with E-state index in [1.54, 1.807) is 25.1 Å². The number of nitrogens with one attached hydrogen (secondary N) is 1. The van der Waals surface area contributed by atoms with Gasteiger partial charge in [-0.15, -0.1) is 0 Å². The summed E-state index contributed by atoms with van der Waals surface area (Å²) >= 11 is 0. The number of halogens is 1. The van der Waals surface area contributed by atoms with Gasteiger partial charge in [0.1, 0.15) is 5.82 Å². The fourth-order valence-corrected chi connectivity index (χ4v) is 1.79. The van der Waals surface area contributed by atoms with Crippen molar-refractivity contribution < 1.29 is 14.2 Å². The highest BCUT2D eigenvalue weighted by molar-refractivity contribution is 5.54. The molecule has 0 saturated heterocycles.